The SMILES string of the molecule is COCCCNC(=O)CN(C)C(=O)C1CC1c1ccc(Br)cc1. The summed E-state index contributed by atoms with van der Waals surface area (Å²) in [7, 11) is 3.32. The van der Waals surface area contributed by atoms with E-state index in [4.69, 9.17) is 4.74 Å². The normalized spacial score (nSPS) is 19.3. The molecule has 0 spiro atoms. The number of rotatable bonds is 8. The molecule has 1 aromatic rings. The molecule has 2 rings (SSSR count). The van der Waals surface area contributed by atoms with Crippen LogP contribution >= 0.6 is 15.9 Å². The van der Waals surface area contributed by atoms with Gasteiger partial charge in [-0.3, -0.25) is 9.59 Å². The Hall–Kier alpha value is -1.40. The molecule has 1 saturated carbocycles. The third kappa shape index (κ3) is 5.32. The molecule has 1 N–H and O–H groups in total. The molecule has 1 aliphatic rings. The first-order valence-electron chi connectivity index (χ1n) is 7.79. The molecule has 2 amide bonds. The van der Waals surface area contributed by atoms with Crippen molar-refractivity contribution in [2.75, 3.05) is 33.9 Å². The zero-order valence-corrected chi connectivity index (χ0v) is 15.1. The van der Waals surface area contributed by atoms with Gasteiger partial charge in [0.1, 0.15) is 0 Å². The zero-order chi connectivity index (χ0) is 16.8. The summed E-state index contributed by atoms with van der Waals surface area (Å²) in [4.78, 5) is 25.7. The van der Waals surface area contributed by atoms with E-state index in [0.717, 1.165) is 17.3 Å². The molecule has 126 valence electrons. The van der Waals surface area contributed by atoms with E-state index in [1.807, 2.05) is 24.3 Å². The zero-order valence-electron chi connectivity index (χ0n) is 13.5. The lowest BCUT2D eigenvalue weighted by molar-refractivity contribution is -0.135. The summed E-state index contributed by atoms with van der Waals surface area (Å²) < 4.78 is 5.96. The first-order valence-corrected chi connectivity index (χ1v) is 8.58. The molecule has 6 heteroatoms. The number of benzene rings is 1. The number of hydrogen-bond acceptors (Lipinski definition) is 3. The lowest BCUT2D eigenvalue weighted by atomic mass is 10.1. The summed E-state index contributed by atoms with van der Waals surface area (Å²) in [6, 6.07) is 8.08. The van der Waals surface area contributed by atoms with Crippen LogP contribution in [0.5, 0.6) is 0 Å². The molecule has 5 nitrogen and oxygen atoms in total. The summed E-state index contributed by atoms with van der Waals surface area (Å²) in [6.45, 7) is 1.29. The van der Waals surface area contributed by atoms with Gasteiger partial charge in [0.05, 0.1) is 6.54 Å². The standard InChI is InChI=1S/C17H23BrN2O3/c1-20(11-16(21)19-8-3-9-23-2)17(22)15-10-14(15)12-4-6-13(18)7-5-12/h4-7,14-15H,3,8-11H2,1-2H3,(H,19,21). The highest BCUT2D eigenvalue weighted by Crippen LogP contribution is 2.48. The van der Waals surface area contributed by atoms with Crippen molar-refractivity contribution >= 4 is 27.7 Å². The van der Waals surface area contributed by atoms with E-state index >= 15 is 0 Å². The predicted molar refractivity (Wildman–Crippen MR) is 92.1 cm³/mol. The van der Waals surface area contributed by atoms with Crippen LogP contribution in [0.4, 0.5) is 0 Å². The van der Waals surface area contributed by atoms with Crippen molar-refractivity contribution in [3.63, 3.8) is 0 Å². The molecular formula is C17H23BrN2O3. The maximum atomic E-state index is 12.4. The van der Waals surface area contributed by atoms with E-state index in [-0.39, 0.29) is 30.2 Å². The van der Waals surface area contributed by atoms with Gasteiger partial charge in [0.25, 0.3) is 0 Å². The van der Waals surface area contributed by atoms with Crippen LogP contribution in [-0.4, -0.2) is 50.6 Å². The van der Waals surface area contributed by atoms with Crippen molar-refractivity contribution in [3.8, 4) is 0 Å². The Kier molecular flexibility index (Phi) is 6.59. The summed E-state index contributed by atoms with van der Waals surface area (Å²) >= 11 is 3.41. The summed E-state index contributed by atoms with van der Waals surface area (Å²) in [5.41, 5.74) is 1.18. The topological polar surface area (TPSA) is 58.6 Å². The number of carbonyl (C=O) groups is 2. The van der Waals surface area contributed by atoms with Crippen molar-refractivity contribution in [2.45, 2.75) is 18.8 Å². The predicted octanol–water partition coefficient (Wildman–Crippen LogP) is 2.16. The Morgan fingerprint density at radius 3 is 2.70 bits per heavy atom. The van der Waals surface area contributed by atoms with Crippen LogP contribution in [0.2, 0.25) is 0 Å². The molecule has 0 heterocycles. The van der Waals surface area contributed by atoms with Gasteiger partial charge < -0.3 is 15.0 Å². The molecule has 1 aliphatic carbocycles. The minimum atomic E-state index is -0.127. The van der Waals surface area contributed by atoms with Gasteiger partial charge in [0, 0.05) is 37.7 Å². The Bertz CT molecular complexity index is 547. The number of methoxy groups -OCH3 is 1. The molecule has 0 radical (unpaired) electrons. The third-order valence-corrected chi connectivity index (χ3v) is 4.54. The van der Waals surface area contributed by atoms with Crippen LogP contribution in [0.15, 0.2) is 28.7 Å². The number of amides is 2. The number of nitrogens with zero attached hydrogens (tertiary/aromatic N) is 1. The summed E-state index contributed by atoms with van der Waals surface area (Å²) in [6.07, 6.45) is 1.63. The monoisotopic (exact) mass is 382 g/mol. The highest BCUT2D eigenvalue weighted by atomic mass is 79.9. The fraction of sp³-hybridized carbons (Fsp3) is 0.529. The van der Waals surface area contributed by atoms with Crippen molar-refractivity contribution in [1.82, 2.24) is 10.2 Å². The van der Waals surface area contributed by atoms with Crippen LogP contribution in [0.25, 0.3) is 0 Å². The summed E-state index contributed by atoms with van der Waals surface area (Å²) in [5.74, 6) is 0.202. The van der Waals surface area contributed by atoms with E-state index in [0.29, 0.717) is 13.2 Å². The fourth-order valence-electron chi connectivity index (χ4n) is 2.62. The van der Waals surface area contributed by atoms with E-state index in [2.05, 4.69) is 21.2 Å². The van der Waals surface area contributed by atoms with E-state index in [1.165, 1.54) is 10.5 Å². The minimum absolute atomic E-state index is 0.00228. The second-order valence-corrected chi connectivity index (χ2v) is 6.81. The van der Waals surface area contributed by atoms with Crippen LogP contribution in [0.3, 0.4) is 0 Å². The van der Waals surface area contributed by atoms with E-state index in [1.54, 1.807) is 14.2 Å². The smallest absolute Gasteiger partial charge is 0.239 e. The molecule has 2 unspecified atom stereocenters. The molecule has 1 aromatic carbocycles. The number of nitrogens with one attached hydrogen (secondary N) is 1. The highest BCUT2D eigenvalue weighted by molar-refractivity contribution is 9.10. The van der Waals surface area contributed by atoms with Gasteiger partial charge >= 0.3 is 0 Å². The van der Waals surface area contributed by atoms with Gasteiger partial charge in [-0.25, -0.2) is 0 Å². The Morgan fingerprint density at radius 1 is 1.35 bits per heavy atom. The van der Waals surface area contributed by atoms with Crippen molar-refractivity contribution in [2.24, 2.45) is 5.92 Å². The molecule has 1 fully saturated rings. The lowest BCUT2D eigenvalue weighted by Crippen LogP contribution is -2.39. The number of likely N-dealkylation sites (N-methyl/N-ethyl adjacent to an activating group) is 1. The van der Waals surface area contributed by atoms with Crippen molar-refractivity contribution < 1.29 is 14.3 Å². The number of hydrogen-bond donors (Lipinski definition) is 1. The van der Waals surface area contributed by atoms with Gasteiger partial charge in [-0.1, -0.05) is 28.1 Å². The van der Waals surface area contributed by atoms with Gasteiger partial charge in [-0.15, -0.1) is 0 Å². The van der Waals surface area contributed by atoms with Gasteiger partial charge in [0.15, 0.2) is 0 Å². The average molecular weight is 383 g/mol. The maximum Gasteiger partial charge on any atom is 0.239 e. The lowest BCUT2D eigenvalue weighted by Gasteiger charge is -2.17. The van der Waals surface area contributed by atoms with E-state index < -0.39 is 0 Å². The third-order valence-electron chi connectivity index (χ3n) is 4.01. The molecule has 0 aromatic heterocycles. The Labute approximate surface area is 145 Å². The largest absolute Gasteiger partial charge is 0.385 e. The fourth-order valence-corrected chi connectivity index (χ4v) is 2.89. The van der Waals surface area contributed by atoms with Crippen LogP contribution in [0.1, 0.15) is 24.3 Å². The summed E-state index contributed by atoms with van der Waals surface area (Å²) in [5, 5.41) is 2.79. The van der Waals surface area contributed by atoms with Crippen molar-refractivity contribution in [3.05, 3.63) is 34.3 Å². The molecule has 0 bridgehead atoms. The molecule has 0 aliphatic heterocycles. The maximum absolute atomic E-state index is 12.4. The number of carbonyl (C=O) groups excluding carboxylic acids is 2. The molecule has 23 heavy (non-hydrogen) atoms. The molecule has 2 atom stereocenters. The van der Waals surface area contributed by atoms with Gasteiger partial charge in [0.2, 0.25) is 11.8 Å². The minimum Gasteiger partial charge on any atom is -0.385 e. The highest BCUT2D eigenvalue weighted by Gasteiger charge is 2.45. The van der Waals surface area contributed by atoms with Gasteiger partial charge in [-0.2, -0.15) is 0 Å². The second kappa shape index (κ2) is 8.45. The second-order valence-electron chi connectivity index (χ2n) is 5.89. The van der Waals surface area contributed by atoms with Crippen LogP contribution in [-0.2, 0) is 14.3 Å². The average Bonchev–Trinajstić information content (AvgIpc) is 3.32. The van der Waals surface area contributed by atoms with Crippen molar-refractivity contribution in [1.29, 1.82) is 0 Å². The van der Waals surface area contributed by atoms with Gasteiger partial charge in [-0.05, 0) is 36.5 Å². The Morgan fingerprint density at radius 2 is 2.04 bits per heavy atom. The van der Waals surface area contributed by atoms with E-state index in [9.17, 15) is 9.59 Å². The first-order chi connectivity index (χ1) is 11.0. The van der Waals surface area contributed by atoms with Crippen LogP contribution in [0, 0.1) is 5.92 Å². The first kappa shape index (κ1) is 17.9. The molecule has 0 saturated heterocycles. The molecular weight excluding hydrogens is 360 g/mol. The quantitative estimate of drug-likeness (QED) is 0.700. The van der Waals surface area contributed by atoms with Crippen LogP contribution < -0.4 is 5.32 Å². The number of ether oxygens (including phenoxy) is 1. The Balaban J connectivity index is 1.75. The number of halogens is 1.